The first-order chi connectivity index (χ1) is 12.5. The lowest BCUT2D eigenvalue weighted by Gasteiger charge is -2.06. The molecule has 6 heteroatoms. The number of carbonyl (C=O) groups is 3. The summed E-state index contributed by atoms with van der Waals surface area (Å²) in [5.74, 6) is -1.90. The molecular weight excluding hydrogens is 334 g/mol. The zero-order chi connectivity index (χ0) is 19.6. The molecule has 0 rings (SSSR count). The molecule has 0 aromatic heterocycles. The fourth-order valence-electron chi connectivity index (χ4n) is 2.43. The van der Waals surface area contributed by atoms with Gasteiger partial charge < -0.3 is 9.47 Å². The minimum absolute atomic E-state index is 0.0375. The molecule has 0 aliphatic rings. The Hall–Kier alpha value is -1.72. The van der Waals surface area contributed by atoms with E-state index in [0.29, 0.717) is 0 Å². The molecule has 0 aliphatic carbocycles. The highest BCUT2D eigenvalue weighted by atomic mass is 16.6. The Morgan fingerprint density at radius 1 is 0.577 bits per heavy atom. The maximum atomic E-state index is 11.6. The van der Waals surface area contributed by atoms with Gasteiger partial charge in [0.25, 0.3) is 0 Å². The van der Waals surface area contributed by atoms with Crippen LogP contribution in [0.25, 0.3) is 0 Å². The number of carbonyl (C=O) groups excluding carboxylic acids is 3. The molecule has 26 heavy (non-hydrogen) atoms. The number of rotatable bonds is 15. The molecule has 0 saturated carbocycles. The molecule has 0 amide bonds. The van der Waals surface area contributed by atoms with Gasteiger partial charge in [0.05, 0.1) is 6.42 Å². The molecule has 0 aromatic rings. The van der Waals surface area contributed by atoms with Gasteiger partial charge in [-0.2, -0.15) is 0 Å². The minimum atomic E-state index is -0.677. The van der Waals surface area contributed by atoms with E-state index in [2.05, 4.69) is 13.8 Å². The molecule has 0 radical (unpaired) electrons. The van der Waals surface area contributed by atoms with Gasteiger partial charge >= 0.3 is 17.9 Å². The van der Waals surface area contributed by atoms with Crippen LogP contribution in [-0.2, 0) is 23.9 Å². The first-order valence-corrected chi connectivity index (χ1v) is 10.0. The van der Waals surface area contributed by atoms with E-state index in [0.717, 1.165) is 64.2 Å². The van der Waals surface area contributed by atoms with Crippen molar-refractivity contribution >= 4 is 23.8 Å². The normalized spacial score (nSPS) is 10.4. The molecule has 0 aromatic carbocycles. The number of unbranched alkanes of at least 4 members (excludes halogenated alkanes) is 8. The van der Waals surface area contributed by atoms with Crippen molar-refractivity contribution in [2.45, 2.75) is 104 Å². The quantitative estimate of drug-likeness (QED) is 0.143. The molecule has 0 aliphatic heterocycles. The van der Waals surface area contributed by atoms with E-state index in [1.807, 2.05) is 0 Å². The van der Waals surface area contributed by atoms with Crippen LogP contribution in [-0.4, -0.2) is 23.8 Å². The predicted octanol–water partition coefficient (Wildman–Crippen LogP) is 5.08. The zero-order valence-corrected chi connectivity index (χ0v) is 16.4. The lowest BCUT2D eigenvalue weighted by molar-refractivity contribution is -0.159. The fraction of sp³-hybridized carbons (Fsp3) is 0.800. The van der Waals surface area contributed by atoms with Crippen molar-refractivity contribution in [3.05, 3.63) is 0 Å². The van der Waals surface area contributed by atoms with E-state index in [1.54, 1.807) is 0 Å². The predicted molar refractivity (Wildman–Crippen MR) is 101 cm³/mol. The SMILES string of the molecule is CCCCCCCC(=O)OC(=N)CCC(=O)OC(=O)CCCCCCC. The summed E-state index contributed by atoms with van der Waals surface area (Å²) in [7, 11) is 0. The van der Waals surface area contributed by atoms with Crippen LogP contribution in [0.15, 0.2) is 0 Å². The third kappa shape index (κ3) is 15.8. The van der Waals surface area contributed by atoms with Gasteiger partial charge in [0.15, 0.2) is 5.90 Å². The second-order valence-electron chi connectivity index (χ2n) is 6.57. The molecule has 0 spiro atoms. The van der Waals surface area contributed by atoms with Crippen molar-refractivity contribution in [3.63, 3.8) is 0 Å². The Labute approximate surface area is 157 Å². The zero-order valence-electron chi connectivity index (χ0n) is 16.4. The topological polar surface area (TPSA) is 93.5 Å². The summed E-state index contributed by atoms with van der Waals surface area (Å²) in [4.78, 5) is 34.7. The van der Waals surface area contributed by atoms with Crippen LogP contribution in [0.3, 0.4) is 0 Å². The van der Waals surface area contributed by atoms with Crippen molar-refractivity contribution in [1.29, 1.82) is 5.41 Å². The highest BCUT2D eigenvalue weighted by Crippen LogP contribution is 2.08. The maximum absolute atomic E-state index is 11.6. The summed E-state index contributed by atoms with van der Waals surface area (Å²) in [5.41, 5.74) is 0. The first kappa shape index (κ1) is 24.3. The van der Waals surface area contributed by atoms with Gasteiger partial charge in [-0.05, 0) is 12.8 Å². The van der Waals surface area contributed by atoms with Crippen molar-refractivity contribution in [2.24, 2.45) is 0 Å². The van der Waals surface area contributed by atoms with Crippen molar-refractivity contribution in [1.82, 2.24) is 0 Å². The van der Waals surface area contributed by atoms with Crippen LogP contribution in [0, 0.1) is 5.41 Å². The Morgan fingerprint density at radius 2 is 1.00 bits per heavy atom. The number of hydrogen-bond acceptors (Lipinski definition) is 6. The average molecular weight is 370 g/mol. The van der Waals surface area contributed by atoms with Crippen LogP contribution in [0.5, 0.6) is 0 Å². The first-order valence-electron chi connectivity index (χ1n) is 10.0. The van der Waals surface area contributed by atoms with E-state index in [1.165, 1.54) is 0 Å². The van der Waals surface area contributed by atoms with Gasteiger partial charge in [0, 0.05) is 19.3 Å². The van der Waals surface area contributed by atoms with Crippen LogP contribution in [0.4, 0.5) is 0 Å². The van der Waals surface area contributed by atoms with Crippen molar-refractivity contribution in [2.75, 3.05) is 0 Å². The summed E-state index contributed by atoms with van der Waals surface area (Å²) in [5, 5.41) is 7.58. The Bertz CT molecular complexity index is 394. The Morgan fingerprint density at radius 3 is 1.50 bits per heavy atom. The average Bonchev–Trinajstić information content (AvgIpc) is 2.59. The molecule has 0 unspecified atom stereocenters. The third-order valence-electron chi connectivity index (χ3n) is 3.99. The molecule has 6 nitrogen and oxygen atoms in total. The standard InChI is InChI=1S/C20H35NO5/c1-3-5-7-9-11-13-18(22)25-17(21)15-16-20(24)26-19(23)14-12-10-8-6-4-2/h21H,3-16H2,1-2H3. The molecule has 150 valence electrons. The van der Waals surface area contributed by atoms with E-state index in [-0.39, 0.29) is 31.6 Å². The summed E-state index contributed by atoms with van der Waals surface area (Å²) < 4.78 is 9.57. The smallest absolute Gasteiger partial charge is 0.313 e. The van der Waals surface area contributed by atoms with Gasteiger partial charge in [0.1, 0.15) is 0 Å². The second-order valence-corrected chi connectivity index (χ2v) is 6.57. The van der Waals surface area contributed by atoms with Crippen molar-refractivity contribution < 1.29 is 23.9 Å². The molecule has 0 bridgehead atoms. The summed E-state index contributed by atoms with van der Waals surface area (Å²) in [6.45, 7) is 4.25. The number of esters is 3. The van der Waals surface area contributed by atoms with Gasteiger partial charge in [-0.3, -0.25) is 19.8 Å². The van der Waals surface area contributed by atoms with Crippen LogP contribution in [0.2, 0.25) is 0 Å². The molecule has 1 N–H and O–H groups in total. The maximum Gasteiger partial charge on any atom is 0.313 e. The largest absolute Gasteiger partial charge is 0.412 e. The molecule has 0 saturated heterocycles. The van der Waals surface area contributed by atoms with Crippen LogP contribution < -0.4 is 0 Å². The Kier molecular flexibility index (Phi) is 15.6. The monoisotopic (exact) mass is 369 g/mol. The minimum Gasteiger partial charge on any atom is -0.412 e. The van der Waals surface area contributed by atoms with E-state index >= 15 is 0 Å². The summed E-state index contributed by atoms with van der Waals surface area (Å²) in [6, 6.07) is 0. The van der Waals surface area contributed by atoms with E-state index in [9.17, 15) is 14.4 Å². The molecular formula is C20H35NO5. The number of ether oxygens (including phenoxy) is 2. The highest BCUT2D eigenvalue weighted by molar-refractivity contribution is 5.90. The lowest BCUT2D eigenvalue weighted by Crippen LogP contribution is -2.16. The van der Waals surface area contributed by atoms with Gasteiger partial charge in [-0.25, -0.2) is 0 Å². The van der Waals surface area contributed by atoms with Crippen LogP contribution >= 0.6 is 0 Å². The van der Waals surface area contributed by atoms with Gasteiger partial charge in [-0.15, -0.1) is 0 Å². The third-order valence-corrected chi connectivity index (χ3v) is 3.99. The number of nitrogens with one attached hydrogen (secondary N) is 1. The van der Waals surface area contributed by atoms with Crippen molar-refractivity contribution in [3.8, 4) is 0 Å². The lowest BCUT2D eigenvalue weighted by atomic mass is 10.1. The second kappa shape index (κ2) is 16.7. The van der Waals surface area contributed by atoms with Gasteiger partial charge in [0.2, 0.25) is 0 Å². The van der Waals surface area contributed by atoms with E-state index < -0.39 is 17.9 Å². The Balaban J connectivity index is 3.72. The molecule has 0 fully saturated rings. The molecule has 0 heterocycles. The fourth-order valence-corrected chi connectivity index (χ4v) is 2.43. The molecule has 0 atom stereocenters. The van der Waals surface area contributed by atoms with Gasteiger partial charge in [-0.1, -0.05) is 65.2 Å². The van der Waals surface area contributed by atoms with Crippen LogP contribution in [0.1, 0.15) is 104 Å². The van der Waals surface area contributed by atoms with E-state index in [4.69, 9.17) is 14.9 Å². The summed E-state index contributed by atoms with van der Waals surface area (Å²) in [6.07, 6.45) is 10.5. The summed E-state index contributed by atoms with van der Waals surface area (Å²) >= 11 is 0. The number of hydrogen-bond donors (Lipinski definition) is 1. The highest BCUT2D eigenvalue weighted by Gasteiger charge is 2.13.